The van der Waals surface area contributed by atoms with Crippen molar-refractivity contribution in [2.24, 2.45) is 0 Å². The minimum Gasteiger partial charge on any atom is -0.369 e. The van der Waals surface area contributed by atoms with E-state index in [4.69, 9.17) is 0 Å². The molecule has 2 rings (SSSR count). The highest BCUT2D eigenvalue weighted by Gasteiger charge is 2.27. The first kappa shape index (κ1) is 13.3. The van der Waals surface area contributed by atoms with Gasteiger partial charge in [0.15, 0.2) is 0 Å². The SMILES string of the molecule is CN(c1ccc(CNC(C)(C)C)cc1F)C1CC1. The molecule has 0 heterocycles. The topological polar surface area (TPSA) is 15.3 Å². The lowest BCUT2D eigenvalue weighted by Gasteiger charge is -2.22. The third-order valence-electron chi connectivity index (χ3n) is 3.31. The van der Waals surface area contributed by atoms with E-state index in [1.165, 1.54) is 12.8 Å². The molecule has 0 unspecified atom stereocenters. The normalized spacial score (nSPS) is 15.8. The van der Waals surface area contributed by atoms with Gasteiger partial charge in [0.1, 0.15) is 5.82 Å². The van der Waals surface area contributed by atoms with E-state index in [0.29, 0.717) is 12.6 Å². The summed E-state index contributed by atoms with van der Waals surface area (Å²) in [6.07, 6.45) is 2.37. The van der Waals surface area contributed by atoms with E-state index in [1.807, 2.05) is 19.2 Å². The Hall–Kier alpha value is -1.09. The highest BCUT2D eigenvalue weighted by molar-refractivity contribution is 5.50. The number of halogens is 1. The van der Waals surface area contributed by atoms with Gasteiger partial charge in [-0.2, -0.15) is 0 Å². The Morgan fingerprint density at radius 3 is 2.50 bits per heavy atom. The molecule has 2 nitrogen and oxygen atoms in total. The lowest BCUT2D eigenvalue weighted by molar-refractivity contribution is 0.423. The highest BCUT2D eigenvalue weighted by Crippen LogP contribution is 2.31. The van der Waals surface area contributed by atoms with Crippen molar-refractivity contribution in [3.05, 3.63) is 29.6 Å². The molecular formula is C15H23FN2. The van der Waals surface area contributed by atoms with Gasteiger partial charge in [-0.1, -0.05) is 6.07 Å². The van der Waals surface area contributed by atoms with Crippen LogP contribution in [0.5, 0.6) is 0 Å². The molecule has 1 aliphatic carbocycles. The van der Waals surface area contributed by atoms with E-state index < -0.39 is 0 Å². The van der Waals surface area contributed by atoms with Gasteiger partial charge in [-0.15, -0.1) is 0 Å². The van der Waals surface area contributed by atoms with E-state index in [9.17, 15) is 4.39 Å². The summed E-state index contributed by atoms with van der Waals surface area (Å²) in [7, 11) is 1.98. The Labute approximate surface area is 109 Å². The van der Waals surface area contributed by atoms with Crippen molar-refractivity contribution in [1.29, 1.82) is 0 Å². The van der Waals surface area contributed by atoms with Crippen LogP contribution in [0.1, 0.15) is 39.2 Å². The molecule has 100 valence electrons. The van der Waals surface area contributed by atoms with Gasteiger partial charge in [0.25, 0.3) is 0 Å². The number of nitrogens with one attached hydrogen (secondary N) is 1. The van der Waals surface area contributed by atoms with Gasteiger partial charge < -0.3 is 10.2 Å². The molecule has 0 amide bonds. The molecular weight excluding hydrogens is 227 g/mol. The maximum Gasteiger partial charge on any atom is 0.146 e. The molecule has 1 aliphatic rings. The molecule has 1 saturated carbocycles. The Morgan fingerprint density at radius 1 is 1.33 bits per heavy atom. The zero-order chi connectivity index (χ0) is 13.3. The van der Waals surface area contributed by atoms with Crippen molar-refractivity contribution >= 4 is 5.69 Å². The summed E-state index contributed by atoms with van der Waals surface area (Å²) in [5, 5.41) is 3.37. The molecule has 1 aromatic rings. The minimum absolute atomic E-state index is 0.0555. The zero-order valence-electron chi connectivity index (χ0n) is 11.8. The fourth-order valence-electron chi connectivity index (χ4n) is 1.97. The van der Waals surface area contributed by atoms with Gasteiger partial charge in [0.2, 0.25) is 0 Å². The molecule has 0 aliphatic heterocycles. The van der Waals surface area contributed by atoms with Crippen molar-refractivity contribution in [2.75, 3.05) is 11.9 Å². The standard InChI is InChI=1S/C15H23FN2/c1-15(2,3)17-10-11-5-8-14(13(16)9-11)18(4)12-6-7-12/h5,8-9,12,17H,6-7,10H2,1-4H3. The molecule has 0 bridgehead atoms. The number of anilines is 1. The molecule has 3 heteroatoms. The number of hydrogen-bond donors (Lipinski definition) is 1. The van der Waals surface area contributed by atoms with Gasteiger partial charge in [-0.05, 0) is 51.3 Å². The smallest absolute Gasteiger partial charge is 0.146 e. The number of hydrogen-bond acceptors (Lipinski definition) is 2. The van der Waals surface area contributed by atoms with E-state index >= 15 is 0 Å². The zero-order valence-corrected chi connectivity index (χ0v) is 11.8. The summed E-state index contributed by atoms with van der Waals surface area (Å²) in [6, 6.07) is 6.09. The quantitative estimate of drug-likeness (QED) is 0.882. The molecule has 1 N–H and O–H groups in total. The van der Waals surface area contributed by atoms with Crippen LogP contribution in [0.4, 0.5) is 10.1 Å². The predicted molar refractivity (Wildman–Crippen MR) is 74.4 cm³/mol. The van der Waals surface area contributed by atoms with Gasteiger partial charge in [0.05, 0.1) is 5.69 Å². The average molecular weight is 250 g/mol. The van der Waals surface area contributed by atoms with Crippen LogP contribution >= 0.6 is 0 Å². The number of rotatable bonds is 4. The summed E-state index contributed by atoms with van der Waals surface area (Å²) in [5.74, 6) is -0.113. The summed E-state index contributed by atoms with van der Waals surface area (Å²) >= 11 is 0. The lowest BCUT2D eigenvalue weighted by atomic mass is 10.1. The maximum absolute atomic E-state index is 14.0. The van der Waals surface area contributed by atoms with Gasteiger partial charge in [0, 0.05) is 25.2 Å². The van der Waals surface area contributed by atoms with Crippen LogP contribution < -0.4 is 10.2 Å². The Kier molecular flexibility index (Phi) is 3.62. The van der Waals surface area contributed by atoms with Gasteiger partial charge in [-0.25, -0.2) is 4.39 Å². The van der Waals surface area contributed by atoms with Crippen LogP contribution in [0.3, 0.4) is 0 Å². The molecule has 18 heavy (non-hydrogen) atoms. The monoisotopic (exact) mass is 250 g/mol. The fourth-order valence-corrected chi connectivity index (χ4v) is 1.97. The highest BCUT2D eigenvalue weighted by atomic mass is 19.1. The Morgan fingerprint density at radius 2 is 2.00 bits per heavy atom. The third kappa shape index (κ3) is 3.45. The van der Waals surface area contributed by atoms with E-state index in [2.05, 4.69) is 31.0 Å². The second-order valence-electron chi connectivity index (χ2n) is 6.23. The molecule has 0 spiro atoms. The molecule has 1 aromatic carbocycles. The summed E-state index contributed by atoms with van der Waals surface area (Å²) in [5.41, 5.74) is 1.77. The van der Waals surface area contributed by atoms with Crippen LogP contribution in [0.2, 0.25) is 0 Å². The largest absolute Gasteiger partial charge is 0.369 e. The van der Waals surface area contributed by atoms with Crippen LogP contribution in [-0.4, -0.2) is 18.6 Å². The third-order valence-corrected chi connectivity index (χ3v) is 3.31. The molecule has 0 aromatic heterocycles. The molecule has 0 saturated heterocycles. The van der Waals surface area contributed by atoms with Gasteiger partial charge in [-0.3, -0.25) is 0 Å². The van der Waals surface area contributed by atoms with Crippen molar-refractivity contribution in [3.63, 3.8) is 0 Å². The Bertz CT molecular complexity index is 419. The predicted octanol–water partition coefficient (Wildman–Crippen LogP) is 3.31. The first-order valence-electron chi connectivity index (χ1n) is 6.63. The second kappa shape index (κ2) is 4.88. The molecule has 0 radical (unpaired) electrons. The summed E-state index contributed by atoms with van der Waals surface area (Å²) in [4.78, 5) is 2.05. The van der Waals surface area contributed by atoms with Crippen molar-refractivity contribution in [3.8, 4) is 0 Å². The number of nitrogens with zero attached hydrogens (tertiary/aromatic N) is 1. The Balaban J connectivity index is 2.04. The lowest BCUT2D eigenvalue weighted by Crippen LogP contribution is -2.35. The minimum atomic E-state index is -0.113. The van der Waals surface area contributed by atoms with Gasteiger partial charge >= 0.3 is 0 Å². The van der Waals surface area contributed by atoms with E-state index in [0.717, 1.165) is 11.3 Å². The summed E-state index contributed by atoms with van der Waals surface area (Å²) < 4.78 is 14.0. The van der Waals surface area contributed by atoms with Crippen LogP contribution in [0.15, 0.2) is 18.2 Å². The van der Waals surface area contributed by atoms with Crippen LogP contribution in [0, 0.1) is 5.82 Å². The van der Waals surface area contributed by atoms with Crippen molar-refractivity contribution in [2.45, 2.75) is 51.7 Å². The van der Waals surface area contributed by atoms with E-state index in [-0.39, 0.29) is 11.4 Å². The van der Waals surface area contributed by atoms with Crippen LogP contribution in [-0.2, 0) is 6.54 Å². The van der Waals surface area contributed by atoms with Crippen molar-refractivity contribution in [1.82, 2.24) is 5.32 Å². The molecule has 0 atom stereocenters. The van der Waals surface area contributed by atoms with Crippen LogP contribution in [0.25, 0.3) is 0 Å². The maximum atomic E-state index is 14.0. The fraction of sp³-hybridized carbons (Fsp3) is 0.600. The second-order valence-corrected chi connectivity index (χ2v) is 6.23. The average Bonchev–Trinajstić information content (AvgIpc) is 3.08. The number of benzene rings is 1. The van der Waals surface area contributed by atoms with Crippen molar-refractivity contribution < 1.29 is 4.39 Å². The first-order valence-corrected chi connectivity index (χ1v) is 6.63. The summed E-state index contributed by atoms with van der Waals surface area (Å²) in [6.45, 7) is 7.03. The van der Waals surface area contributed by atoms with E-state index in [1.54, 1.807) is 6.07 Å². The molecule has 1 fully saturated rings. The first-order chi connectivity index (χ1) is 8.37.